The molecule has 0 aliphatic carbocycles. The molecule has 216 valence electrons. The Bertz CT molecular complexity index is 1180. The number of benzene rings is 2. The highest BCUT2D eigenvalue weighted by Crippen LogP contribution is 2.21. The van der Waals surface area contributed by atoms with Crippen LogP contribution in [0.4, 0.5) is 17.6 Å². The predicted molar refractivity (Wildman–Crippen MR) is 137 cm³/mol. The van der Waals surface area contributed by atoms with Crippen LogP contribution in [0.2, 0.25) is 0 Å². The van der Waals surface area contributed by atoms with Crippen LogP contribution in [0.5, 0.6) is 0 Å². The van der Waals surface area contributed by atoms with E-state index in [2.05, 4.69) is 19.2 Å². The SMILES string of the molecule is CC(C)Cc1ccc(S(=O)(=O)N(CCC(=O)N2CCNCC2)Cc2ccc(F)cc2)cc1.O=C(O)C(F)(F)F. The minimum Gasteiger partial charge on any atom is -0.475 e. The fraction of sp³-hybridized carbons (Fsp3) is 0.462. The average molecular weight is 576 g/mol. The number of amides is 1. The summed E-state index contributed by atoms with van der Waals surface area (Å²) in [5, 5.41) is 10.3. The van der Waals surface area contributed by atoms with Crippen molar-refractivity contribution in [2.75, 3.05) is 32.7 Å². The Hall–Kier alpha value is -3.03. The highest BCUT2D eigenvalue weighted by Gasteiger charge is 2.38. The Morgan fingerprint density at radius 3 is 2.00 bits per heavy atom. The summed E-state index contributed by atoms with van der Waals surface area (Å²) in [6.45, 7) is 7.11. The molecule has 1 heterocycles. The van der Waals surface area contributed by atoms with Crippen molar-refractivity contribution in [3.05, 3.63) is 65.5 Å². The third-order valence-electron chi connectivity index (χ3n) is 5.76. The van der Waals surface area contributed by atoms with Crippen molar-refractivity contribution in [1.82, 2.24) is 14.5 Å². The van der Waals surface area contributed by atoms with Gasteiger partial charge in [0.15, 0.2) is 0 Å². The number of nitrogens with one attached hydrogen (secondary N) is 1. The van der Waals surface area contributed by atoms with E-state index in [4.69, 9.17) is 9.90 Å². The van der Waals surface area contributed by atoms with E-state index in [1.807, 2.05) is 12.1 Å². The summed E-state index contributed by atoms with van der Waals surface area (Å²) in [6, 6.07) is 12.7. The van der Waals surface area contributed by atoms with E-state index in [9.17, 15) is 30.8 Å². The van der Waals surface area contributed by atoms with Crippen LogP contribution >= 0.6 is 0 Å². The van der Waals surface area contributed by atoms with Gasteiger partial charge in [0.1, 0.15) is 5.82 Å². The molecule has 0 bridgehead atoms. The van der Waals surface area contributed by atoms with Crippen LogP contribution in [0.1, 0.15) is 31.4 Å². The van der Waals surface area contributed by atoms with E-state index >= 15 is 0 Å². The van der Waals surface area contributed by atoms with Crippen LogP contribution in [0.3, 0.4) is 0 Å². The Labute approximate surface area is 225 Å². The standard InChI is InChI=1S/C24H32FN3O3S.C2HF3O2/c1-19(2)17-20-5-9-23(10-6-20)32(30,31)28(18-21-3-7-22(25)8-4-21)14-11-24(29)27-15-12-26-13-16-27;3-2(4,5)1(6)7/h3-10,19,26H,11-18H2,1-2H3;(H,6,7). The second-order valence-corrected chi connectivity index (χ2v) is 11.3. The van der Waals surface area contributed by atoms with Crippen LogP contribution in [0.25, 0.3) is 0 Å². The first kappa shape index (κ1) is 32.2. The van der Waals surface area contributed by atoms with E-state index in [0.717, 1.165) is 25.1 Å². The predicted octanol–water partition coefficient (Wildman–Crippen LogP) is 3.67. The zero-order chi connectivity index (χ0) is 29.2. The van der Waals surface area contributed by atoms with E-state index in [-0.39, 0.29) is 36.1 Å². The number of carboxylic acids is 1. The highest BCUT2D eigenvalue weighted by molar-refractivity contribution is 7.89. The zero-order valence-corrected chi connectivity index (χ0v) is 22.6. The third kappa shape index (κ3) is 10.6. The van der Waals surface area contributed by atoms with Gasteiger partial charge in [0.2, 0.25) is 15.9 Å². The maximum atomic E-state index is 13.4. The van der Waals surface area contributed by atoms with Crippen LogP contribution in [-0.2, 0) is 32.6 Å². The van der Waals surface area contributed by atoms with E-state index in [1.54, 1.807) is 29.2 Å². The number of alkyl halides is 3. The molecule has 0 radical (unpaired) electrons. The van der Waals surface area contributed by atoms with Crippen LogP contribution in [-0.4, -0.2) is 73.5 Å². The second kappa shape index (κ2) is 14.4. The smallest absolute Gasteiger partial charge is 0.475 e. The van der Waals surface area contributed by atoms with Gasteiger partial charge >= 0.3 is 12.1 Å². The average Bonchev–Trinajstić information content (AvgIpc) is 2.87. The van der Waals surface area contributed by atoms with Gasteiger partial charge < -0.3 is 15.3 Å². The number of hydrogen-bond acceptors (Lipinski definition) is 5. The number of carbonyl (C=O) groups excluding carboxylic acids is 1. The van der Waals surface area contributed by atoms with Gasteiger partial charge in [-0.2, -0.15) is 17.5 Å². The van der Waals surface area contributed by atoms with E-state index < -0.39 is 22.2 Å². The zero-order valence-electron chi connectivity index (χ0n) is 21.7. The van der Waals surface area contributed by atoms with Crippen molar-refractivity contribution < 1.29 is 40.7 Å². The van der Waals surface area contributed by atoms with Crippen molar-refractivity contribution in [1.29, 1.82) is 0 Å². The second-order valence-electron chi connectivity index (χ2n) is 9.39. The molecule has 1 aliphatic heterocycles. The molecule has 0 unspecified atom stereocenters. The normalized spacial score (nSPS) is 14.2. The molecule has 8 nitrogen and oxygen atoms in total. The summed E-state index contributed by atoms with van der Waals surface area (Å²) in [4.78, 5) is 23.5. The Morgan fingerprint density at radius 1 is 1.00 bits per heavy atom. The monoisotopic (exact) mass is 575 g/mol. The molecule has 2 N–H and O–H groups in total. The molecule has 0 spiro atoms. The van der Waals surface area contributed by atoms with Crippen molar-refractivity contribution in [2.24, 2.45) is 5.92 Å². The summed E-state index contributed by atoms with van der Waals surface area (Å²) >= 11 is 0. The molecule has 0 saturated carbocycles. The molecule has 39 heavy (non-hydrogen) atoms. The molecule has 13 heteroatoms. The number of piperazine rings is 1. The number of carboxylic acid groups (broad SMARTS) is 1. The maximum Gasteiger partial charge on any atom is 0.490 e. The fourth-order valence-electron chi connectivity index (χ4n) is 3.79. The summed E-state index contributed by atoms with van der Waals surface area (Å²) < 4.78 is 73.3. The minimum absolute atomic E-state index is 0.0573. The lowest BCUT2D eigenvalue weighted by Gasteiger charge is -2.29. The van der Waals surface area contributed by atoms with Crippen LogP contribution < -0.4 is 5.32 Å². The number of rotatable bonds is 9. The third-order valence-corrected chi connectivity index (χ3v) is 7.62. The summed E-state index contributed by atoms with van der Waals surface area (Å²) in [5.74, 6) is -2.72. The lowest BCUT2D eigenvalue weighted by Crippen LogP contribution is -2.47. The first-order valence-corrected chi connectivity index (χ1v) is 13.8. The molecule has 1 aliphatic rings. The van der Waals surface area contributed by atoms with Gasteiger partial charge in [-0.1, -0.05) is 38.1 Å². The Kier molecular flexibility index (Phi) is 11.9. The van der Waals surface area contributed by atoms with Crippen LogP contribution in [0.15, 0.2) is 53.4 Å². The molecular weight excluding hydrogens is 542 g/mol. The van der Waals surface area contributed by atoms with Gasteiger partial charge in [-0.3, -0.25) is 4.79 Å². The Balaban J connectivity index is 0.000000673. The van der Waals surface area contributed by atoms with Crippen molar-refractivity contribution >= 4 is 21.9 Å². The van der Waals surface area contributed by atoms with Gasteiger partial charge in [-0.25, -0.2) is 17.6 Å². The van der Waals surface area contributed by atoms with Crippen molar-refractivity contribution in [3.8, 4) is 0 Å². The highest BCUT2D eigenvalue weighted by atomic mass is 32.2. The van der Waals surface area contributed by atoms with Crippen molar-refractivity contribution in [2.45, 2.75) is 44.3 Å². The quantitative estimate of drug-likeness (QED) is 0.442. The van der Waals surface area contributed by atoms with E-state index in [0.29, 0.717) is 24.6 Å². The minimum atomic E-state index is -5.08. The summed E-state index contributed by atoms with van der Waals surface area (Å²) in [5.41, 5.74) is 1.75. The molecule has 1 amide bonds. The largest absolute Gasteiger partial charge is 0.490 e. The molecule has 0 aromatic heterocycles. The van der Waals surface area contributed by atoms with Crippen molar-refractivity contribution in [3.63, 3.8) is 0 Å². The lowest BCUT2D eigenvalue weighted by molar-refractivity contribution is -0.192. The van der Waals surface area contributed by atoms with Gasteiger partial charge in [-0.15, -0.1) is 0 Å². The fourth-order valence-corrected chi connectivity index (χ4v) is 5.22. The Morgan fingerprint density at radius 2 is 1.51 bits per heavy atom. The molecular formula is C26H33F4N3O5S. The topological polar surface area (TPSA) is 107 Å². The van der Waals surface area contributed by atoms with Gasteiger partial charge in [-0.05, 0) is 47.7 Å². The molecule has 1 fully saturated rings. The summed E-state index contributed by atoms with van der Waals surface area (Å²) in [6.07, 6.45) is -4.11. The lowest BCUT2D eigenvalue weighted by atomic mass is 10.0. The molecule has 2 aromatic rings. The number of sulfonamides is 1. The number of hydrogen-bond donors (Lipinski definition) is 2. The first-order valence-electron chi connectivity index (χ1n) is 12.3. The number of aliphatic carboxylic acids is 1. The van der Waals surface area contributed by atoms with Gasteiger partial charge in [0.05, 0.1) is 4.90 Å². The molecule has 1 saturated heterocycles. The number of carbonyl (C=O) groups is 2. The molecule has 2 aromatic carbocycles. The maximum absolute atomic E-state index is 13.4. The van der Waals surface area contributed by atoms with Gasteiger partial charge in [0, 0.05) is 45.7 Å². The number of halogens is 4. The molecule has 0 atom stereocenters. The van der Waals surface area contributed by atoms with Gasteiger partial charge in [0.25, 0.3) is 0 Å². The first-order chi connectivity index (χ1) is 18.2. The molecule has 3 rings (SSSR count). The van der Waals surface area contributed by atoms with Crippen LogP contribution in [0, 0.1) is 11.7 Å². The number of nitrogens with zero attached hydrogens (tertiary/aromatic N) is 2. The van der Waals surface area contributed by atoms with E-state index in [1.165, 1.54) is 16.4 Å². The summed E-state index contributed by atoms with van der Waals surface area (Å²) in [7, 11) is -3.82.